The van der Waals surface area contributed by atoms with Crippen LogP contribution in [0.25, 0.3) is 0 Å². The molecule has 0 saturated carbocycles. The van der Waals surface area contributed by atoms with Crippen molar-refractivity contribution in [1.29, 1.82) is 0 Å². The first kappa shape index (κ1) is 20.1. The number of hydrogen-bond donors (Lipinski definition) is 3. The van der Waals surface area contributed by atoms with Gasteiger partial charge in [-0.2, -0.15) is 0 Å². The Kier molecular flexibility index (Phi) is 7.01. The van der Waals surface area contributed by atoms with Crippen LogP contribution in [0.4, 0.5) is 4.79 Å². The Morgan fingerprint density at radius 1 is 1.04 bits per heavy atom. The van der Waals surface area contributed by atoms with Crippen molar-refractivity contribution >= 4 is 12.1 Å². The molecule has 0 heterocycles. The van der Waals surface area contributed by atoms with Gasteiger partial charge in [-0.05, 0) is 23.3 Å². The molecule has 0 aliphatic carbocycles. The summed E-state index contributed by atoms with van der Waals surface area (Å²) < 4.78 is 15.3. The molecule has 0 bridgehead atoms. The van der Waals surface area contributed by atoms with Crippen molar-refractivity contribution in [1.82, 2.24) is 5.32 Å². The monoisotopic (exact) mass is 375 g/mol. The molecule has 3 N–H and O–H groups in total. The van der Waals surface area contributed by atoms with E-state index in [4.69, 9.17) is 14.2 Å². The number of carboxylic acid groups (broad SMARTS) is 1. The van der Waals surface area contributed by atoms with E-state index in [1.165, 1.54) is 32.4 Å². The third-order valence-corrected chi connectivity index (χ3v) is 3.82. The maximum absolute atomic E-state index is 11.9. The molecule has 1 amide bonds. The number of benzene rings is 2. The zero-order valence-corrected chi connectivity index (χ0v) is 14.9. The minimum Gasteiger partial charge on any atom is -0.493 e. The second-order valence-electron chi connectivity index (χ2n) is 5.58. The molecule has 2 rings (SSSR count). The second kappa shape index (κ2) is 9.44. The number of hydrogen-bond acceptors (Lipinski definition) is 6. The Hall–Kier alpha value is -3.26. The molecule has 2 atom stereocenters. The number of aliphatic hydroxyl groups is 1. The number of alkyl carbamates (subject to hydrolysis) is 1. The van der Waals surface area contributed by atoms with E-state index < -0.39 is 24.2 Å². The smallest absolute Gasteiger partial charge is 0.408 e. The van der Waals surface area contributed by atoms with Gasteiger partial charge in [-0.1, -0.05) is 36.4 Å². The molecule has 8 nitrogen and oxygen atoms in total. The number of nitrogens with one attached hydrogen (secondary N) is 1. The first-order chi connectivity index (χ1) is 13.0. The first-order valence-corrected chi connectivity index (χ1v) is 8.06. The molecule has 0 unspecified atom stereocenters. The fourth-order valence-corrected chi connectivity index (χ4v) is 2.40. The maximum atomic E-state index is 11.9. The highest BCUT2D eigenvalue weighted by atomic mass is 16.5. The number of carbonyl (C=O) groups excluding carboxylic acids is 1. The van der Waals surface area contributed by atoms with Crippen LogP contribution in [0, 0.1) is 0 Å². The average molecular weight is 375 g/mol. The molecule has 0 saturated heterocycles. The van der Waals surface area contributed by atoms with Crippen LogP contribution in [0.3, 0.4) is 0 Å². The minimum absolute atomic E-state index is 0.0224. The highest BCUT2D eigenvalue weighted by molar-refractivity contribution is 5.80. The van der Waals surface area contributed by atoms with Gasteiger partial charge in [0.2, 0.25) is 0 Å². The third kappa shape index (κ3) is 5.35. The average Bonchev–Trinajstić information content (AvgIpc) is 2.69. The van der Waals surface area contributed by atoms with Gasteiger partial charge in [0.05, 0.1) is 14.2 Å². The first-order valence-electron chi connectivity index (χ1n) is 8.06. The molecule has 0 aliphatic heterocycles. The van der Waals surface area contributed by atoms with Crippen molar-refractivity contribution in [2.45, 2.75) is 18.8 Å². The maximum Gasteiger partial charge on any atom is 0.408 e. The lowest BCUT2D eigenvalue weighted by molar-refractivity contribution is -0.142. The largest absolute Gasteiger partial charge is 0.493 e. The van der Waals surface area contributed by atoms with E-state index in [0.29, 0.717) is 11.5 Å². The molecular formula is C19H21NO7. The molecule has 2 aromatic carbocycles. The molecule has 144 valence electrons. The summed E-state index contributed by atoms with van der Waals surface area (Å²) in [5.41, 5.74) is 0.989. The van der Waals surface area contributed by atoms with Gasteiger partial charge in [0.1, 0.15) is 12.7 Å². The summed E-state index contributed by atoms with van der Waals surface area (Å²) in [5.74, 6) is -0.658. The van der Waals surface area contributed by atoms with Gasteiger partial charge in [0.25, 0.3) is 0 Å². The number of carboxylic acids is 1. The molecule has 8 heteroatoms. The fourth-order valence-electron chi connectivity index (χ4n) is 2.40. The van der Waals surface area contributed by atoms with E-state index in [1.807, 2.05) is 6.07 Å². The molecule has 27 heavy (non-hydrogen) atoms. The van der Waals surface area contributed by atoms with Gasteiger partial charge in [-0.3, -0.25) is 0 Å². The SMILES string of the molecule is COc1ccc([C@H](O)[C@H](NC(=O)OCc2ccccc2)C(=O)O)cc1OC. The van der Waals surface area contributed by atoms with E-state index in [9.17, 15) is 19.8 Å². The summed E-state index contributed by atoms with van der Waals surface area (Å²) >= 11 is 0. The van der Waals surface area contributed by atoms with Crippen molar-refractivity contribution in [2.24, 2.45) is 0 Å². The predicted octanol–water partition coefficient (Wildman–Crippen LogP) is 2.12. The molecule has 0 fully saturated rings. The number of methoxy groups -OCH3 is 2. The van der Waals surface area contributed by atoms with Crippen molar-refractivity contribution < 1.29 is 34.0 Å². The number of aliphatic carboxylic acids is 1. The number of carbonyl (C=O) groups is 2. The number of aliphatic hydroxyl groups excluding tert-OH is 1. The van der Waals surface area contributed by atoms with E-state index in [-0.39, 0.29) is 12.2 Å². The lowest BCUT2D eigenvalue weighted by atomic mass is 10.0. The molecule has 0 aromatic heterocycles. The minimum atomic E-state index is -1.61. The Morgan fingerprint density at radius 2 is 1.70 bits per heavy atom. The number of rotatable bonds is 8. The summed E-state index contributed by atoms with van der Waals surface area (Å²) in [5, 5.41) is 22.0. The molecule has 2 aromatic rings. The summed E-state index contributed by atoms with van der Waals surface area (Å²) in [6, 6.07) is 11.8. The van der Waals surface area contributed by atoms with Gasteiger partial charge < -0.3 is 29.7 Å². The lowest BCUT2D eigenvalue weighted by Gasteiger charge is -2.21. The van der Waals surface area contributed by atoms with Crippen LogP contribution in [-0.2, 0) is 16.1 Å². The molecule has 0 spiro atoms. The van der Waals surface area contributed by atoms with Crippen LogP contribution < -0.4 is 14.8 Å². The summed E-state index contributed by atoms with van der Waals surface area (Å²) in [6.45, 7) is -0.0224. The quantitative estimate of drug-likeness (QED) is 0.647. The molecule has 0 radical (unpaired) electrons. The highest BCUT2D eigenvalue weighted by Crippen LogP contribution is 2.31. The second-order valence-corrected chi connectivity index (χ2v) is 5.58. The Bertz CT molecular complexity index is 779. The molecule has 0 aliphatic rings. The van der Waals surface area contributed by atoms with Crippen LogP contribution >= 0.6 is 0 Å². The molecular weight excluding hydrogens is 354 g/mol. The summed E-state index contributed by atoms with van der Waals surface area (Å²) in [6.07, 6.45) is -2.47. The zero-order chi connectivity index (χ0) is 19.8. The normalized spacial score (nSPS) is 12.6. The van der Waals surface area contributed by atoms with Crippen LogP contribution in [0.15, 0.2) is 48.5 Å². The van der Waals surface area contributed by atoms with Crippen LogP contribution in [0.2, 0.25) is 0 Å². The van der Waals surface area contributed by atoms with Crippen LogP contribution in [0.1, 0.15) is 17.2 Å². The van der Waals surface area contributed by atoms with Gasteiger partial charge >= 0.3 is 12.1 Å². The van der Waals surface area contributed by atoms with E-state index in [2.05, 4.69) is 5.32 Å². The Balaban J connectivity index is 2.07. The Morgan fingerprint density at radius 3 is 2.30 bits per heavy atom. The van der Waals surface area contributed by atoms with Crippen molar-refractivity contribution in [3.05, 3.63) is 59.7 Å². The van der Waals surface area contributed by atoms with Crippen molar-refractivity contribution in [3.63, 3.8) is 0 Å². The standard InChI is InChI=1S/C19H21NO7/c1-25-14-9-8-13(10-15(14)26-2)17(21)16(18(22)23)20-19(24)27-11-12-6-4-3-5-7-12/h3-10,16-17,21H,11H2,1-2H3,(H,20,24)(H,22,23)/t16-,17-/m0/s1. The third-order valence-electron chi connectivity index (χ3n) is 3.82. The lowest BCUT2D eigenvalue weighted by Crippen LogP contribution is -2.45. The van der Waals surface area contributed by atoms with E-state index >= 15 is 0 Å². The Labute approximate surface area is 156 Å². The van der Waals surface area contributed by atoms with Gasteiger partial charge in [-0.15, -0.1) is 0 Å². The fraction of sp³-hybridized carbons (Fsp3) is 0.263. The number of ether oxygens (including phenoxy) is 3. The van der Waals surface area contributed by atoms with Crippen molar-refractivity contribution in [3.8, 4) is 11.5 Å². The summed E-state index contributed by atoms with van der Waals surface area (Å²) in [4.78, 5) is 23.5. The van der Waals surface area contributed by atoms with Gasteiger partial charge in [0.15, 0.2) is 17.5 Å². The highest BCUT2D eigenvalue weighted by Gasteiger charge is 2.30. The van der Waals surface area contributed by atoms with Gasteiger partial charge in [0, 0.05) is 0 Å². The topological polar surface area (TPSA) is 114 Å². The number of amides is 1. The van der Waals surface area contributed by atoms with E-state index in [0.717, 1.165) is 5.56 Å². The van der Waals surface area contributed by atoms with Gasteiger partial charge in [-0.25, -0.2) is 9.59 Å². The van der Waals surface area contributed by atoms with Crippen LogP contribution in [-0.4, -0.2) is 42.5 Å². The van der Waals surface area contributed by atoms with Crippen LogP contribution in [0.5, 0.6) is 11.5 Å². The summed E-state index contributed by atoms with van der Waals surface area (Å²) in [7, 11) is 2.88. The zero-order valence-electron chi connectivity index (χ0n) is 14.9. The predicted molar refractivity (Wildman–Crippen MR) is 95.7 cm³/mol. The van der Waals surface area contributed by atoms with E-state index in [1.54, 1.807) is 24.3 Å². The van der Waals surface area contributed by atoms with Crippen molar-refractivity contribution in [2.75, 3.05) is 14.2 Å².